The van der Waals surface area contributed by atoms with Crippen molar-refractivity contribution in [2.45, 2.75) is 51.1 Å². The third kappa shape index (κ3) is 4.40. The van der Waals surface area contributed by atoms with Gasteiger partial charge in [0.05, 0.1) is 6.54 Å². The number of aliphatic imine (C=N–C) groups is 1. The maximum Gasteiger partial charge on any atom is 0.189 e. The minimum Gasteiger partial charge on any atom is -0.370 e. The Labute approximate surface area is 109 Å². The van der Waals surface area contributed by atoms with Gasteiger partial charge in [-0.25, -0.2) is 4.99 Å². The molecule has 1 saturated carbocycles. The third-order valence-electron chi connectivity index (χ3n) is 3.48. The molecule has 2 rings (SSSR count). The molecule has 0 heterocycles. The summed E-state index contributed by atoms with van der Waals surface area (Å²) in [6.45, 7) is 0.659. The number of guanidine groups is 1. The summed E-state index contributed by atoms with van der Waals surface area (Å²) in [4.78, 5) is 4.40. The quantitative estimate of drug-likeness (QED) is 0.489. The van der Waals surface area contributed by atoms with E-state index >= 15 is 0 Å². The van der Waals surface area contributed by atoms with Crippen molar-refractivity contribution in [1.82, 2.24) is 5.32 Å². The van der Waals surface area contributed by atoms with Crippen molar-refractivity contribution in [3.63, 3.8) is 0 Å². The molecule has 1 aliphatic carbocycles. The van der Waals surface area contributed by atoms with E-state index in [2.05, 4.69) is 22.4 Å². The van der Waals surface area contributed by atoms with Crippen LogP contribution in [-0.2, 0) is 6.54 Å². The van der Waals surface area contributed by atoms with Gasteiger partial charge in [-0.15, -0.1) is 0 Å². The molecule has 1 aromatic carbocycles. The zero-order chi connectivity index (χ0) is 12.6. The van der Waals surface area contributed by atoms with Crippen molar-refractivity contribution >= 4 is 5.96 Å². The van der Waals surface area contributed by atoms with Gasteiger partial charge in [-0.3, -0.25) is 0 Å². The zero-order valence-electron chi connectivity index (χ0n) is 10.9. The van der Waals surface area contributed by atoms with Crippen LogP contribution in [0.15, 0.2) is 35.3 Å². The van der Waals surface area contributed by atoms with Crippen LogP contribution in [0.5, 0.6) is 0 Å². The molecular weight excluding hydrogens is 222 g/mol. The average Bonchev–Trinajstić information content (AvgIpc) is 2.66. The average molecular weight is 245 g/mol. The van der Waals surface area contributed by atoms with Gasteiger partial charge in [-0.05, 0) is 18.4 Å². The molecule has 0 aromatic heterocycles. The monoisotopic (exact) mass is 245 g/mol. The molecule has 1 aromatic rings. The smallest absolute Gasteiger partial charge is 0.189 e. The van der Waals surface area contributed by atoms with E-state index in [1.54, 1.807) is 0 Å². The van der Waals surface area contributed by atoms with E-state index in [4.69, 9.17) is 5.73 Å². The molecule has 0 amide bonds. The Balaban J connectivity index is 1.81. The first-order valence-electron chi connectivity index (χ1n) is 6.95. The van der Waals surface area contributed by atoms with Crippen molar-refractivity contribution in [1.29, 1.82) is 0 Å². The first-order valence-corrected chi connectivity index (χ1v) is 6.95. The van der Waals surface area contributed by atoms with Crippen LogP contribution in [0.25, 0.3) is 0 Å². The van der Waals surface area contributed by atoms with Gasteiger partial charge in [0.25, 0.3) is 0 Å². The topological polar surface area (TPSA) is 50.4 Å². The van der Waals surface area contributed by atoms with Crippen LogP contribution < -0.4 is 11.1 Å². The standard InChI is InChI=1S/C15H23N3/c16-15(17-12-13-8-4-3-5-9-13)18-14-10-6-1-2-7-11-14/h3-5,8-9,14H,1-2,6-7,10-12H2,(H3,16,17,18). The number of hydrogen-bond donors (Lipinski definition) is 2. The van der Waals surface area contributed by atoms with E-state index in [0.717, 1.165) is 0 Å². The lowest BCUT2D eigenvalue weighted by Crippen LogP contribution is -2.39. The molecule has 3 heteroatoms. The molecule has 0 unspecified atom stereocenters. The largest absolute Gasteiger partial charge is 0.370 e. The minimum absolute atomic E-state index is 0.520. The highest BCUT2D eigenvalue weighted by atomic mass is 15.1. The predicted octanol–water partition coefficient (Wildman–Crippen LogP) is 2.81. The summed E-state index contributed by atoms with van der Waals surface area (Å²) in [6.07, 6.45) is 7.79. The molecule has 3 N–H and O–H groups in total. The second-order valence-corrected chi connectivity index (χ2v) is 5.02. The minimum atomic E-state index is 0.520. The van der Waals surface area contributed by atoms with E-state index in [1.165, 1.54) is 44.1 Å². The summed E-state index contributed by atoms with van der Waals surface area (Å²) in [7, 11) is 0. The maximum atomic E-state index is 5.94. The van der Waals surface area contributed by atoms with Crippen LogP contribution in [0.2, 0.25) is 0 Å². The number of nitrogens with one attached hydrogen (secondary N) is 1. The van der Waals surface area contributed by atoms with Gasteiger partial charge < -0.3 is 11.1 Å². The lowest BCUT2D eigenvalue weighted by molar-refractivity contribution is 0.530. The van der Waals surface area contributed by atoms with Crippen LogP contribution in [0.3, 0.4) is 0 Å². The zero-order valence-corrected chi connectivity index (χ0v) is 10.9. The molecule has 0 aliphatic heterocycles. The summed E-state index contributed by atoms with van der Waals surface area (Å²) in [5.41, 5.74) is 7.14. The molecule has 18 heavy (non-hydrogen) atoms. The normalized spacial score (nSPS) is 18.3. The van der Waals surface area contributed by atoms with Crippen LogP contribution in [0, 0.1) is 0 Å². The van der Waals surface area contributed by atoms with Crippen molar-refractivity contribution < 1.29 is 0 Å². The van der Waals surface area contributed by atoms with Crippen LogP contribution in [-0.4, -0.2) is 12.0 Å². The van der Waals surface area contributed by atoms with E-state index < -0.39 is 0 Å². The van der Waals surface area contributed by atoms with Gasteiger partial charge in [0.2, 0.25) is 0 Å². The van der Waals surface area contributed by atoms with Gasteiger partial charge in [0.1, 0.15) is 0 Å². The summed E-state index contributed by atoms with van der Waals surface area (Å²) < 4.78 is 0. The fourth-order valence-electron chi connectivity index (χ4n) is 2.44. The number of benzene rings is 1. The first-order chi connectivity index (χ1) is 8.84. The third-order valence-corrected chi connectivity index (χ3v) is 3.48. The maximum absolute atomic E-state index is 5.94. The highest BCUT2D eigenvalue weighted by molar-refractivity contribution is 5.78. The summed E-state index contributed by atoms with van der Waals surface area (Å²) in [6, 6.07) is 10.7. The molecule has 0 saturated heterocycles. The lowest BCUT2D eigenvalue weighted by Gasteiger charge is -2.16. The molecule has 0 spiro atoms. The second kappa shape index (κ2) is 7.04. The Hall–Kier alpha value is -1.51. The molecule has 0 atom stereocenters. The van der Waals surface area contributed by atoms with Gasteiger partial charge in [0, 0.05) is 6.04 Å². The Morgan fingerprint density at radius 2 is 1.78 bits per heavy atom. The Morgan fingerprint density at radius 3 is 2.44 bits per heavy atom. The molecule has 0 radical (unpaired) electrons. The van der Waals surface area contributed by atoms with Crippen molar-refractivity contribution in [3.8, 4) is 0 Å². The molecule has 0 bridgehead atoms. The van der Waals surface area contributed by atoms with Gasteiger partial charge in [0.15, 0.2) is 5.96 Å². The van der Waals surface area contributed by atoms with Crippen LogP contribution in [0.1, 0.15) is 44.1 Å². The first kappa shape index (κ1) is 12.9. The van der Waals surface area contributed by atoms with Gasteiger partial charge in [-0.2, -0.15) is 0 Å². The van der Waals surface area contributed by atoms with E-state index in [1.807, 2.05) is 18.2 Å². The molecule has 98 valence electrons. The summed E-state index contributed by atoms with van der Waals surface area (Å²) in [5, 5.41) is 3.36. The van der Waals surface area contributed by atoms with E-state index in [-0.39, 0.29) is 0 Å². The van der Waals surface area contributed by atoms with Crippen molar-refractivity contribution in [2.75, 3.05) is 0 Å². The second-order valence-electron chi connectivity index (χ2n) is 5.02. The van der Waals surface area contributed by atoms with Gasteiger partial charge in [-0.1, -0.05) is 56.0 Å². The summed E-state index contributed by atoms with van der Waals surface area (Å²) >= 11 is 0. The number of rotatable bonds is 3. The van der Waals surface area contributed by atoms with E-state index in [9.17, 15) is 0 Å². The number of nitrogens with zero attached hydrogens (tertiary/aromatic N) is 1. The number of nitrogens with two attached hydrogens (primary N) is 1. The van der Waals surface area contributed by atoms with Crippen molar-refractivity contribution in [2.24, 2.45) is 10.7 Å². The Bertz CT molecular complexity index is 365. The van der Waals surface area contributed by atoms with Crippen molar-refractivity contribution in [3.05, 3.63) is 35.9 Å². The Morgan fingerprint density at radius 1 is 1.11 bits per heavy atom. The Kier molecular flexibility index (Phi) is 5.06. The SMILES string of the molecule is NC(=NCc1ccccc1)NC1CCCCCC1. The van der Waals surface area contributed by atoms with Crippen LogP contribution >= 0.6 is 0 Å². The lowest BCUT2D eigenvalue weighted by atomic mass is 10.1. The fraction of sp³-hybridized carbons (Fsp3) is 0.533. The fourth-order valence-corrected chi connectivity index (χ4v) is 2.44. The molecule has 1 fully saturated rings. The molecular formula is C15H23N3. The van der Waals surface area contributed by atoms with E-state index in [0.29, 0.717) is 18.5 Å². The molecule has 3 nitrogen and oxygen atoms in total. The number of hydrogen-bond acceptors (Lipinski definition) is 1. The van der Waals surface area contributed by atoms with Gasteiger partial charge >= 0.3 is 0 Å². The highest BCUT2D eigenvalue weighted by Crippen LogP contribution is 2.16. The van der Waals surface area contributed by atoms with Crippen LogP contribution in [0.4, 0.5) is 0 Å². The predicted molar refractivity (Wildman–Crippen MR) is 76.4 cm³/mol. The molecule has 1 aliphatic rings. The highest BCUT2D eigenvalue weighted by Gasteiger charge is 2.11. The summed E-state index contributed by atoms with van der Waals surface area (Å²) in [5.74, 6) is 0.589.